The first-order chi connectivity index (χ1) is 10.5. The molecule has 1 aromatic heterocycles. The van der Waals surface area contributed by atoms with E-state index in [-0.39, 0.29) is 5.69 Å². The Hall–Kier alpha value is -1.71. The summed E-state index contributed by atoms with van der Waals surface area (Å²) in [6, 6.07) is 0. The Kier molecular flexibility index (Phi) is 2.94. The van der Waals surface area contributed by atoms with Gasteiger partial charge in [0.05, 0.1) is 19.1 Å². The van der Waals surface area contributed by atoms with Gasteiger partial charge in [0.15, 0.2) is 0 Å². The van der Waals surface area contributed by atoms with Crippen molar-refractivity contribution >= 4 is 5.71 Å². The SMILES string of the molecule is C[C@H]1[C@@H](N2CCOCC2)[N+]([O-])=C2CCc3c(no[n+]3[O-])[C@@]21O. The number of ether oxygens (including phenoxy) is 1. The summed E-state index contributed by atoms with van der Waals surface area (Å²) in [6.07, 6.45) is 0.203. The Balaban J connectivity index is 1.78. The molecule has 0 amide bonds. The third kappa shape index (κ3) is 1.61. The van der Waals surface area contributed by atoms with Gasteiger partial charge in [-0.1, -0.05) is 6.92 Å². The van der Waals surface area contributed by atoms with Crippen LogP contribution >= 0.6 is 0 Å². The van der Waals surface area contributed by atoms with Crippen LogP contribution in [0.4, 0.5) is 0 Å². The second-order valence-electron chi connectivity index (χ2n) is 6.11. The number of aromatic nitrogens is 2. The molecule has 0 aromatic carbocycles. The fourth-order valence-corrected chi connectivity index (χ4v) is 3.97. The zero-order chi connectivity index (χ0) is 15.5. The van der Waals surface area contributed by atoms with Gasteiger partial charge in [0.25, 0.3) is 5.69 Å². The highest BCUT2D eigenvalue weighted by Gasteiger charge is 2.65. The lowest BCUT2D eigenvalue weighted by atomic mass is 9.76. The van der Waals surface area contributed by atoms with E-state index in [4.69, 9.17) is 4.74 Å². The molecule has 9 heteroatoms. The number of rotatable bonds is 1. The fourth-order valence-electron chi connectivity index (χ4n) is 3.97. The van der Waals surface area contributed by atoms with Crippen LogP contribution in [0.3, 0.4) is 0 Å². The van der Waals surface area contributed by atoms with E-state index in [2.05, 4.69) is 9.79 Å². The fraction of sp³-hybridized carbons (Fsp3) is 0.769. The van der Waals surface area contributed by atoms with E-state index >= 15 is 0 Å². The molecule has 4 rings (SSSR count). The maximum absolute atomic E-state index is 12.8. The Morgan fingerprint density at radius 3 is 2.77 bits per heavy atom. The number of aliphatic hydroxyl groups is 1. The first-order valence-corrected chi connectivity index (χ1v) is 7.51. The van der Waals surface area contributed by atoms with Gasteiger partial charge in [-0.2, -0.15) is 4.74 Å². The normalized spacial score (nSPS) is 35.5. The second-order valence-corrected chi connectivity index (χ2v) is 6.11. The standard InChI is InChI=1S/C13H18N4O5/c1-8-12(15-4-6-21-7-5-15)16(19)10-3-2-9-11(13(8,10)18)14-22-17(9)20/h8,12,18H,2-7H2,1H3/t8-,12-,13-/m0/s1. The summed E-state index contributed by atoms with van der Waals surface area (Å²) in [7, 11) is 0. The molecule has 1 saturated heterocycles. The van der Waals surface area contributed by atoms with E-state index < -0.39 is 17.7 Å². The van der Waals surface area contributed by atoms with E-state index in [1.165, 1.54) is 0 Å². The molecule has 2 aliphatic heterocycles. The number of nitrogens with zero attached hydrogens (tertiary/aromatic N) is 4. The molecule has 0 bridgehead atoms. The number of hydrogen-bond acceptors (Lipinski definition) is 7. The van der Waals surface area contributed by atoms with Gasteiger partial charge in [-0.25, -0.2) is 4.90 Å². The monoisotopic (exact) mass is 310 g/mol. The van der Waals surface area contributed by atoms with E-state index in [1.807, 2.05) is 11.8 Å². The van der Waals surface area contributed by atoms with Gasteiger partial charge in [0, 0.05) is 31.1 Å². The van der Waals surface area contributed by atoms with Crippen LogP contribution < -0.4 is 4.90 Å². The lowest BCUT2D eigenvalue weighted by Crippen LogP contribution is -2.51. The molecule has 0 unspecified atom stereocenters. The first kappa shape index (κ1) is 13.9. The third-order valence-electron chi connectivity index (χ3n) is 5.13. The molecule has 0 saturated carbocycles. The average molecular weight is 310 g/mol. The largest absolute Gasteiger partial charge is 0.623 e. The molecule has 1 aromatic rings. The van der Waals surface area contributed by atoms with Gasteiger partial charge in [-0.3, -0.25) is 4.63 Å². The summed E-state index contributed by atoms with van der Waals surface area (Å²) in [4.78, 5) is 2.35. The quantitative estimate of drug-likeness (QED) is 0.507. The van der Waals surface area contributed by atoms with Crippen LogP contribution in [-0.4, -0.2) is 58.1 Å². The molecule has 3 heterocycles. The van der Waals surface area contributed by atoms with Crippen molar-refractivity contribution in [3.05, 3.63) is 21.8 Å². The minimum absolute atomic E-state index is 0.188. The van der Waals surface area contributed by atoms with Gasteiger partial charge in [0.1, 0.15) is 0 Å². The molecule has 9 nitrogen and oxygen atoms in total. The summed E-state index contributed by atoms with van der Waals surface area (Å²) >= 11 is 0. The number of fused-ring (bicyclic) bond motifs is 3. The van der Waals surface area contributed by atoms with E-state index in [0.29, 0.717) is 55.5 Å². The van der Waals surface area contributed by atoms with Crippen LogP contribution in [0.2, 0.25) is 0 Å². The maximum atomic E-state index is 12.8. The summed E-state index contributed by atoms with van der Waals surface area (Å²) in [6.45, 7) is 4.24. The van der Waals surface area contributed by atoms with Crippen molar-refractivity contribution < 1.29 is 24.1 Å². The van der Waals surface area contributed by atoms with Crippen LogP contribution in [0.1, 0.15) is 24.7 Å². The third-order valence-corrected chi connectivity index (χ3v) is 5.13. The minimum atomic E-state index is -1.53. The van der Waals surface area contributed by atoms with E-state index in [0.717, 1.165) is 4.74 Å². The smallest absolute Gasteiger partial charge is 0.263 e. The van der Waals surface area contributed by atoms with Crippen LogP contribution in [0, 0.1) is 16.3 Å². The van der Waals surface area contributed by atoms with Crippen LogP contribution in [0.5, 0.6) is 0 Å². The van der Waals surface area contributed by atoms with Gasteiger partial charge < -0.3 is 20.3 Å². The predicted octanol–water partition coefficient (Wildman–Crippen LogP) is -1.30. The van der Waals surface area contributed by atoms with Gasteiger partial charge in [0.2, 0.25) is 23.2 Å². The van der Waals surface area contributed by atoms with Crippen molar-refractivity contribution in [1.82, 2.24) is 10.1 Å². The Morgan fingerprint density at radius 2 is 2.05 bits per heavy atom. The molecule has 3 aliphatic rings. The number of hydrogen-bond donors (Lipinski definition) is 1. The van der Waals surface area contributed by atoms with Gasteiger partial charge >= 0.3 is 0 Å². The summed E-state index contributed by atoms with van der Waals surface area (Å²) < 4.78 is 10.9. The lowest BCUT2D eigenvalue weighted by Gasteiger charge is -2.33. The molecule has 0 radical (unpaired) electrons. The summed E-state index contributed by atoms with van der Waals surface area (Å²) in [5.41, 5.74) is -0.655. The molecular formula is C13H18N4O5. The van der Waals surface area contributed by atoms with Crippen LogP contribution in [0.15, 0.2) is 4.63 Å². The van der Waals surface area contributed by atoms with Gasteiger partial charge in [-0.05, 0) is 4.90 Å². The Morgan fingerprint density at radius 1 is 1.32 bits per heavy atom. The summed E-state index contributed by atoms with van der Waals surface area (Å²) in [5, 5.41) is 39.3. The number of hydroxylamine groups is 1. The van der Waals surface area contributed by atoms with Crippen molar-refractivity contribution in [2.24, 2.45) is 5.92 Å². The molecular weight excluding hydrogens is 292 g/mol. The van der Waals surface area contributed by atoms with Crippen molar-refractivity contribution in [3.8, 4) is 0 Å². The van der Waals surface area contributed by atoms with E-state index in [9.17, 15) is 15.5 Å². The maximum Gasteiger partial charge on any atom is 0.263 e. The first-order valence-electron chi connectivity index (χ1n) is 7.51. The predicted molar refractivity (Wildman–Crippen MR) is 71.7 cm³/mol. The van der Waals surface area contributed by atoms with Crippen molar-refractivity contribution in [1.29, 1.82) is 0 Å². The average Bonchev–Trinajstić information content (AvgIpc) is 2.99. The molecule has 22 heavy (non-hydrogen) atoms. The highest BCUT2D eigenvalue weighted by atomic mass is 16.8. The topological polar surface area (TPSA) is 112 Å². The van der Waals surface area contributed by atoms with Crippen LogP contribution in [-0.2, 0) is 16.8 Å². The van der Waals surface area contributed by atoms with Gasteiger partial charge in [-0.15, -0.1) is 0 Å². The zero-order valence-electron chi connectivity index (χ0n) is 12.3. The molecule has 3 atom stereocenters. The van der Waals surface area contributed by atoms with Crippen molar-refractivity contribution in [2.45, 2.75) is 31.5 Å². The second kappa shape index (κ2) is 4.64. The molecule has 0 spiro atoms. The molecule has 1 aliphatic carbocycles. The minimum Gasteiger partial charge on any atom is -0.623 e. The summed E-state index contributed by atoms with van der Waals surface area (Å²) in [5.74, 6) is -0.415. The van der Waals surface area contributed by atoms with Crippen molar-refractivity contribution in [2.75, 3.05) is 26.3 Å². The molecule has 1 fully saturated rings. The van der Waals surface area contributed by atoms with Crippen LogP contribution in [0.25, 0.3) is 0 Å². The Labute approximate surface area is 126 Å². The number of morpholine rings is 1. The highest BCUT2D eigenvalue weighted by Crippen LogP contribution is 2.44. The molecule has 120 valence electrons. The van der Waals surface area contributed by atoms with E-state index in [1.54, 1.807) is 0 Å². The lowest BCUT2D eigenvalue weighted by molar-refractivity contribution is -0.808. The van der Waals surface area contributed by atoms with Crippen molar-refractivity contribution in [3.63, 3.8) is 0 Å². The highest BCUT2D eigenvalue weighted by molar-refractivity contribution is 5.92. The molecule has 1 N–H and O–H groups in total. The zero-order valence-corrected chi connectivity index (χ0v) is 12.3. The Bertz CT molecular complexity index is 638.